The third kappa shape index (κ3) is 3.38. The number of methoxy groups -OCH3 is 2. The first kappa shape index (κ1) is 13.2. The molecule has 6 heteroatoms. The van der Waals surface area contributed by atoms with Crippen LogP contribution in [0, 0.1) is 0 Å². The summed E-state index contributed by atoms with van der Waals surface area (Å²) in [6, 6.07) is 1.96. The van der Waals surface area contributed by atoms with Gasteiger partial charge in [-0.05, 0) is 6.42 Å². The molecule has 0 amide bonds. The van der Waals surface area contributed by atoms with E-state index >= 15 is 0 Å². The first-order chi connectivity index (χ1) is 8.83. The van der Waals surface area contributed by atoms with E-state index in [1.54, 1.807) is 20.5 Å². The van der Waals surface area contributed by atoms with Crippen LogP contribution in [-0.2, 0) is 14.2 Å². The van der Waals surface area contributed by atoms with Gasteiger partial charge in [0, 0.05) is 32.8 Å². The number of aromatic nitrogens is 2. The molecule has 1 aromatic heterocycles. The molecule has 0 aliphatic carbocycles. The topological polar surface area (TPSA) is 65.5 Å². The average Bonchev–Trinajstić information content (AvgIpc) is 2.94. The van der Waals surface area contributed by atoms with Gasteiger partial charge in [-0.3, -0.25) is 0 Å². The van der Waals surface area contributed by atoms with Gasteiger partial charge in [0.1, 0.15) is 12.1 Å². The van der Waals surface area contributed by atoms with Crippen LogP contribution in [0.4, 0.5) is 5.82 Å². The minimum Gasteiger partial charge on any atom is -0.381 e. The van der Waals surface area contributed by atoms with Gasteiger partial charge >= 0.3 is 0 Å². The monoisotopic (exact) mass is 253 g/mol. The maximum atomic E-state index is 5.36. The van der Waals surface area contributed by atoms with Crippen molar-refractivity contribution in [2.45, 2.75) is 18.6 Å². The van der Waals surface area contributed by atoms with Gasteiger partial charge in [0.2, 0.25) is 0 Å². The van der Waals surface area contributed by atoms with Crippen LogP contribution in [0.2, 0.25) is 0 Å². The van der Waals surface area contributed by atoms with Gasteiger partial charge in [0.15, 0.2) is 6.29 Å². The highest BCUT2D eigenvalue weighted by Crippen LogP contribution is 2.24. The van der Waals surface area contributed by atoms with Crippen LogP contribution in [0.1, 0.15) is 18.0 Å². The molecular formula is C12H19N3O3. The Labute approximate surface area is 107 Å². The number of nitrogens with zero attached hydrogens (tertiary/aromatic N) is 2. The maximum Gasteiger partial charge on any atom is 0.173 e. The lowest BCUT2D eigenvalue weighted by Gasteiger charge is -2.15. The van der Waals surface area contributed by atoms with Crippen molar-refractivity contribution in [3.05, 3.63) is 18.1 Å². The lowest BCUT2D eigenvalue weighted by molar-refractivity contribution is -0.0914. The molecule has 0 aromatic carbocycles. The Morgan fingerprint density at radius 3 is 2.94 bits per heavy atom. The summed E-state index contributed by atoms with van der Waals surface area (Å²) < 4.78 is 15.6. The summed E-state index contributed by atoms with van der Waals surface area (Å²) in [6.07, 6.45) is 2.32. The van der Waals surface area contributed by atoms with Crippen LogP contribution in [0.3, 0.4) is 0 Å². The Kier molecular flexibility index (Phi) is 4.86. The summed E-state index contributed by atoms with van der Waals surface area (Å²) in [5.41, 5.74) is 1.02. The second kappa shape index (κ2) is 6.63. The number of anilines is 1. The molecule has 0 saturated carbocycles. The largest absolute Gasteiger partial charge is 0.381 e. The molecule has 1 aromatic rings. The molecule has 0 bridgehead atoms. The van der Waals surface area contributed by atoms with E-state index in [1.807, 2.05) is 6.07 Å². The van der Waals surface area contributed by atoms with Crippen molar-refractivity contribution in [1.29, 1.82) is 0 Å². The Morgan fingerprint density at radius 2 is 2.28 bits per heavy atom. The van der Waals surface area contributed by atoms with Crippen molar-refractivity contribution in [2.24, 2.45) is 0 Å². The highest BCUT2D eigenvalue weighted by molar-refractivity contribution is 5.36. The van der Waals surface area contributed by atoms with Crippen LogP contribution in [-0.4, -0.2) is 50.2 Å². The van der Waals surface area contributed by atoms with Crippen molar-refractivity contribution in [3.63, 3.8) is 0 Å². The molecule has 1 aliphatic heterocycles. The Bertz CT molecular complexity index is 365. The molecule has 18 heavy (non-hydrogen) atoms. The third-order valence-corrected chi connectivity index (χ3v) is 3.01. The molecule has 0 radical (unpaired) electrons. The van der Waals surface area contributed by atoms with E-state index in [0.717, 1.165) is 31.1 Å². The lowest BCUT2D eigenvalue weighted by atomic mass is 10.1. The second-order valence-electron chi connectivity index (χ2n) is 4.17. The third-order valence-electron chi connectivity index (χ3n) is 3.01. The van der Waals surface area contributed by atoms with Gasteiger partial charge in [-0.1, -0.05) is 0 Å². The van der Waals surface area contributed by atoms with Gasteiger partial charge in [-0.2, -0.15) is 0 Å². The van der Waals surface area contributed by atoms with Crippen LogP contribution in [0.5, 0.6) is 0 Å². The van der Waals surface area contributed by atoms with Crippen molar-refractivity contribution in [1.82, 2.24) is 9.97 Å². The highest BCUT2D eigenvalue weighted by Gasteiger charge is 2.19. The molecule has 1 aliphatic rings. The summed E-state index contributed by atoms with van der Waals surface area (Å²) in [4.78, 5) is 8.47. The molecule has 100 valence electrons. The van der Waals surface area contributed by atoms with Gasteiger partial charge in [0.05, 0.1) is 18.8 Å². The van der Waals surface area contributed by atoms with E-state index in [-0.39, 0.29) is 6.29 Å². The predicted octanol–water partition coefficient (Wildman–Crippen LogP) is 1.01. The molecule has 1 fully saturated rings. The van der Waals surface area contributed by atoms with Crippen LogP contribution >= 0.6 is 0 Å². The minimum absolute atomic E-state index is 0.279. The van der Waals surface area contributed by atoms with Gasteiger partial charge in [-0.25, -0.2) is 9.97 Å². The van der Waals surface area contributed by atoms with Gasteiger partial charge in [-0.15, -0.1) is 0 Å². The molecule has 1 atom stereocenters. The molecule has 0 spiro atoms. The average molecular weight is 253 g/mol. The molecule has 1 N–H and O–H groups in total. The zero-order valence-corrected chi connectivity index (χ0v) is 10.8. The molecule has 6 nitrogen and oxygen atoms in total. The first-order valence-electron chi connectivity index (χ1n) is 6.02. The number of rotatable bonds is 6. The summed E-state index contributed by atoms with van der Waals surface area (Å²) in [6.45, 7) is 2.10. The summed E-state index contributed by atoms with van der Waals surface area (Å²) in [7, 11) is 3.22. The fourth-order valence-corrected chi connectivity index (χ4v) is 1.91. The molecule has 1 unspecified atom stereocenters. The van der Waals surface area contributed by atoms with Crippen molar-refractivity contribution in [3.8, 4) is 0 Å². The van der Waals surface area contributed by atoms with E-state index in [1.165, 1.54) is 0 Å². The Hall–Kier alpha value is -1.24. The van der Waals surface area contributed by atoms with Crippen molar-refractivity contribution >= 4 is 5.82 Å². The van der Waals surface area contributed by atoms with Crippen LogP contribution < -0.4 is 5.32 Å². The SMILES string of the molecule is COC(CNc1cc(C2CCOC2)ncn1)OC. The summed E-state index contributed by atoms with van der Waals surface area (Å²) >= 11 is 0. The fraction of sp³-hybridized carbons (Fsp3) is 0.667. The normalized spacial score (nSPS) is 19.4. The van der Waals surface area contributed by atoms with Crippen LogP contribution in [0.15, 0.2) is 12.4 Å². The van der Waals surface area contributed by atoms with E-state index in [0.29, 0.717) is 12.5 Å². The first-order valence-corrected chi connectivity index (χ1v) is 6.02. The zero-order chi connectivity index (χ0) is 12.8. The van der Waals surface area contributed by atoms with E-state index in [9.17, 15) is 0 Å². The van der Waals surface area contributed by atoms with E-state index < -0.39 is 0 Å². The number of hydrogen-bond acceptors (Lipinski definition) is 6. The minimum atomic E-state index is -0.279. The summed E-state index contributed by atoms with van der Waals surface area (Å²) in [5.74, 6) is 1.17. The number of ether oxygens (including phenoxy) is 3. The molecule has 1 saturated heterocycles. The van der Waals surface area contributed by atoms with Gasteiger partial charge in [0.25, 0.3) is 0 Å². The summed E-state index contributed by atoms with van der Waals surface area (Å²) in [5, 5.41) is 3.17. The van der Waals surface area contributed by atoms with Gasteiger partial charge < -0.3 is 19.5 Å². The smallest absolute Gasteiger partial charge is 0.173 e. The number of nitrogens with one attached hydrogen (secondary N) is 1. The lowest BCUT2D eigenvalue weighted by Crippen LogP contribution is -2.24. The van der Waals surface area contributed by atoms with E-state index in [4.69, 9.17) is 14.2 Å². The Morgan fingerprint density at radius 1 is 1.44 bits per heavy atom. The molecular weight excluding hydrogens is 234 g/mol. The quantitative estimate of drug-likeness (QED) is 0.763. The Balaban J connectivity index is 1.94. The van der Waals surface area contributed by atoms with E-state index in [2.05, 4.69) is 15.3 Å². The predicted molar refractivity (Wildman–Crippen MR) is 66.5 cm³/mol. The number of hydrogen-bond donors (Lipinski definition) is 1. The molecule has 2 rings (SSSR count). The van der Waals surface area contributed by atoms with Crippen molar-refractivity contribution in [2.75, 3.05) is 39.3 Å². The fourth-order valence-electron chi connectivity index (χ4n) is 1.91. The highest BCUT2D eigenvalue weighted by atomic mass is 16.7. The standard InChI is InChI=1S/C12H19N3O3/c1-16-12(17-2)6-13-11-5-10(14-8-15-11)9-3-4-18-7-9/h5,8-9,12H,3-4,6-7H2,1-2H3,(H,13,14,15). The zero-order valence-electron chi connectivity index (χ0n) is 10.8. The molecule has 2 heterocycles. The second-order valence-corrected chi connectivity index (χ2v) is 4.17. The maximum absolute atomic E-state index is 5.36. The van der Waals surface area contributed by atoms with Crippen molar-refractivity contribution < 1.29 is 14.2 Å². The van der Waals surface area contributed by atoms with Crippen LogP contribution in [0.25, 0.3) is 0 Å².